The second-order valence-corrected chi connectivity index (χ2v) is 6.74. The minimum absolute atomic E-state index is 0.0292. The summed E-state index contributed by atoms with van der Waals surface area (Å²) in [4.78, 5) is 26.5. The van der Waals surface area contributed by atoms with Crippen LogP contribution < -0.4 is 0 Å². The Kier molecular flexibility index (Phi) is 5.52. The molecule has 0 aromatic carbocycles. The average molecular weight is 388 g/mol. The van der Waals surface area contributed by atoms with Crippen molar-refractivity contribution in [2.24, 2.45) is 0 Å². The minimum Gasteiger partial charge on any atom is -0.465 e. The summed E-state index contributed by atoms with van der Waals surface area (Å²) >= 11 is 3.31. The second-order valence-electron chi connectivity index (χ2n) is 5.95. The van der Waals surface area contributed by atoms with Gasteiger partial charge >= 0.3 is 5.97 Å². The maximum Gasteiger partial charge on any atom is 0.343 e. The van der Waals surface area contributed by atoms with E-state index in [-0.39, 0.29) is 18.1 Å². The van der Waals surface area contributed by atoms with Crippen LogP contribution in [-0.4, -0.2) is 48.2 Å². The SMILES string of the molecule is Cc1oc(C)c(C(=O)OC(C)C(=O)N2CC(C)OC(C)C2)c1Br. The molecule has 1 fully saturated rings. The molecule has 3 atom stereocenters. The number of nitrogens with zero attached hydrogens (tertiary/aromatic N) is 1. The first-order valence-corrected chi connectivity index (χ1v) is 8.40. The molecule has 2 heterocycles. The van der Waals surface area contributed by atoms with E-state index in [1.807, 2.05) is 13.8 Å². The maximum absolute atomic E-state index is 12.5. The fraction of sp³-hybridized carbons (Fsp3) is 0.625. The van der Waals surface area contributed by atoms with Crippen LogP contribution in [0.25, 0.3) is 0 Å². The zero-order valence-electron chi connectivity index (χ0n) is 14.0. The Balaban J connectivity index is 2.04. The summed E-state index contributed by atoms with van der Waals surface area (Å²) in [6.45, 7) is 9.85. The van der Waals surface area contributed by atoms with E-state index < -0.39 is 12.1 Å². The molecule has 6 nitrogen and oxygen atoms in total. The van der Waals surface area contributed by atoms with Crippen molar-refractivity contribution in [2.45, 2.75) is 52.9 Å². The van der Waals surface area contributed by atoms with Gasteiger partial charge in [0.25, 0.3) is 5.91 Å². The molecule has 0 aliphatic carbocycles. The van der Waals surface area contributed by atoms with Crippen LogP contribution in [0.1, 0.15) is 42.6 Å². The fourth-order valence-corrected chi connectivity index (χ4v) is 3.30. The molecule has 0 spiro atoms. The fourth-order valence-electron chi connectivity index (χ4n) is 2.77. The number of amides is 1. The van der Waals surface area contributed by atoms with Gasteiger partial charge in [0.1, 0.15) is 17.1 Å². The molecule has 1 aliphatic rings. The number of carbonyl (C=O) groups excluding carboxylic acids is 2. The minimum atomic E-state index is -0.860. The first kappa shape index (κ1) is 18.0. The van der Waals surface area contributed by atoms with Crippen LogP contribution in [0.4, 0.5) is 0 Å². The summed E-state index contributed by atoms with van der Waals surface area (Å²) < 4.78 is 16.9. The van der Waals surface area contributed by atoms with Crippen LogP contribution in [0.2, 0.25) is 0 Å². The molecule has 0 saturated carbocycles. The van der Waals surface area contributed by atoms with Gasteiger partial charge in [0.2, 0.25) is 0 Å². The van der Waals surface area contributed by atoms with Crippen molar-refractivity contribution in [1.29, 1.82) is 0 Å². The standard InChI is InChI=1S/C16H22BrNO5/c1-8-6-18(7-9(2)21-8)15(19)12(5)23-16(20)13-10(3)22-11(4)14(13)17/h8-9,12H,6-7H2,1-5H3. The van der Waals surface area contributed by atoms with E-state index >= 15 is 0 Å². The third kappa shape index (κ3) is 3.95. The van der Waals surface area contributed by atoms with Crippen LogP contribution >= 0.6 is 15.9 Å². The number of halogens is 1. The van der Waals surface area contributed by atoms with Gasteiger partial charge in [-0.15, -0.1) is 0 Å². The molecule has 0 radical (unpaired) electrons. The molecule has 1 aromatic rings. The van der Waals surface area contributed by atoms with E-state index in [0.717, 1.165) is 0 Å². The number of hydrogen-bond donors (Lipinski definition) is 0. The van der Waals surface area contributed by atoms with Crippen molar-refractivity contribution in [1.82, 2.24) is 4.90 Å². The Hall–Kier alpha value is -1.34. The molecule has 128 valence electrons. The van der Waals surface area contributed by atoms with E-state index in [9.17, 15) is 9.59 Å². The van der Waals surface area contributed by atoms with Crippen molar-refractivity contribution in [2.75, 3.05) is 13.1 Å². The second kappa shape index (κ2) is 7.05. The van der Waals surface area contributed by atoms with Gasteiger partial charge in [0.15, 0.2) is 6.10 Å². The van der Waals surface area contributed by atoms with Gasteiger partial charge in [-0.1, -0.05) is 0 Å². The highest BCUT2D eigenvalue weighted by atomic mass is 79.9. The van der Waals surface area contributed by atoms with Gasteiger partial charge in [-0.2, -0.15) is 0 Å². The number of carbonyl (C=O) groups is 2. The highest BCUT2D eigenvalue weighted by Gasteiger charge is 2.31. The van der Waals surface area contributed by atoms with Gasteiger partial charge in [0.05, 0.1) is 16.7 Å². The number of furan rings is 1. The van der Waals surface area contributed by atoms with Crippen LogP contribution in [0.5, 0.6) is 0 Å². The van der Waals surface area contributed by atoms with Crippen molar-refractivity contribution < 1.29 is 23.5 Å². The summed E-state index contributed by atoms with van der Waals surface area (Å²) in [5.41, 5.74) is 0.325. The zero-order valence-corrected chi connectivity index (χ0v) is 15.6. The van der Waals surface area contributed by atoms with E-state index in [4.69, 9.17) is 13.9 Å². The summed E-state index contributed by atoms with van der Waals surface area (Å²) in [6, 6.07) is 0. The molecule has 0 bridgehead atoms. The third-order valence-electron chi connectivity index (χ3n) is 3.75. The molecule has 1 aliphatic heterocycles. The molecule has 23 heavy (non-hydrogen) atoms. The Morgan fingerprint density at radius 2 is 1.78 bits per heavy atom. The molecule has 0 N–H and O–H groups in total. The predicted molar refractivity (Wildman–Crippen MR) is 87.3 cm³/mol. The third-order valence-corrected chi connectivity index (χ3v) is 4.71. The largest absolute Gasteiger partial charge is 0.465 e. The van der Waals surface area contributed by atoms with Crippen molar-refractivity contribution in [3.8, 4) is 0 Å². The van der Waals surface area contributed by atoms with E-state index in [2.05, 4.69) is 15.9 Å². The Bertz CT molecular complexity index is 602. The quantitative estimate of drug-likeness (QED) is 0.745. The van der Waals surface area contributed by atoms with E-state index in [0.29, 0.717) is 34.6 Å². The van der Waals surface area contributed by atoms with Crippen LogP contribution in [0.15, 0.2) is 8.89 Å². The number of rotatable bonds is 3. The molecule has 1 aromatic heterocycles. The lowest BCUT2D eigenvalue weighted by atomic mass is 10.2. The Morgan fingerprint density at radius 1 is 1.22 bits per heavy atom. The van der Waals surface area contributed by atoms with Gasteiger partial charge in [-0.3, -0.25) is 4.79 Å². The summed E-state index contributed by atoms with van der Waals surface area (Å²) in [5, 5.41) is 0. The number of aryl methyl sites for hydroxylation is 2. The number of ether oxygens (including phenoxy) is 2. The summed E-state index contributed by atoms with van der Waals surface area (Å²) in [5.74, 6) is 0.285. The maximum atomic E-state index is 12.5. The number of hydrogen-bond acceptors (Lipinski definition) is 5. The highest BCUT2D eigenvalue weighted by Crippen LogP contribution is 2.28. The average Bonchev–Trinajstić information content (AvgIpc) is 2.70. The Labute approximate surface area is 144 Å². The van der Waals surface area contributed by atoms with Crippen molar-refractivity contribution in [3.05, 3.63) is 21.6 Å². The smallest absolute Gasteiger partial charge is 0.343 e. The number of morpholine rings is 1. The molecule has 3 unspecified atom stereocenters. The van der Waals surface area contributed by atoms with Crippen LogP contribution in [0, 0.1) is 13.8 Å². The predicted octanol–water partition coefficient (Wildman–Crippen LogP) is 2.84. The van der Waals surface area contributed by atoms with E-state index in [1.54, 1.807) is 25.7 Å². The van der Waals surface area contributed by atoms with Crippen molar-refractivity contribution >= 4 is 27.8 Å². The number of esters is 1. The first-order valence-electron chi connectivity index (χ1n) is 7.61. The molecule has 1 amide bonds. The molecular formula is C16H22BrNO5. The van der Waals surface area contributed by atoms with E-state index in [1.165, 1.54) is 0 Å². The van der Waals surface area contributed by atoms with Crippen LogP contribution in [-0.2, 0) is 14.3 Å². The zero-order chi connectivity index (χ0) is 17.3. The lowest BCUT2D eigenvalue weighted by Gasteiger charge is -2.36. The van der Waals surface area contributed by atoms with Gasteiger partial charge in [-0.05, 0) is 50.5 Å². The normalized spacial score (nSPS) is 22.8. The lowest BCUT2D eigenvalue weighted by molar-refractivity contribution is -0.151. The topological polar surface area (TPSA) is 69.0 Å². The molecule has 2 rings (SSSR count). The van der Waals surface area contributed by atoms with Crippen molar-refractivity contribution in [3.63, 3.8) is 0 Å². The summed E-state index contributed by atoms with van der Waals surface area (Å²) in [6.07, 6.45) is -0.918. The van der Waals surface area contributed by atoms with Gasteiger partial charge in [-0.25, -0.2) is 4.79 Å². The summed E-state index contributed by atoms with van der Waals surface area (Å²) in [7, 11) is 0. The molecule has 1 saturated heterocycles. The first-order chi connectivity index (χ1) is 10.7. The monoisotopic (exact) mass is 387 g/mol. The Morgan fingerprint density at radius 3 is 2.26 bits per heavy atom. The lowest BCUT2D eigenvalue weighted by Crippen LogP contribution is -2.51. The van der Waals surface area contributed by atoms with Crippen LogP contribution in [0.3, 0.4) is 0 Å². The van der Waals surface area contributed by atoms with Gasteiger partial charge in [0, 0.05) is 13.1 Å². The molecule has 7 heteroatoms. The van der Waals surface area contributed by atoms with Gasteiger partial charge < -0.3 is 18.8 Å². The molecular weight excluding hydrogens is 366 g/mol. The highest BCUT2D eigenvalue weighted by molar-refractivity contribution is 9.10.